The van der Waals surface area contributed by atoms with Crippen LogP contribution in [-0.4, -0.2) is 8.42 Å². The normalized spacial score (nSPS) is 18.7. The van der Waals surface area contributed by atoms with Gasteiger partial charge in [-0.15, -0.1) is 0 Å². The fourth-order valence-corrected chi connectivity index (χ4v) is 2.15. The van der Waals surface area contributed by atoms with Crippen molar-refractivity contribution in [3.63, 3.8) is 0 Å². The van der Waals surface area contributed by atoms with Crippen molar-refractivity contribution in [3.8, 4) is 0 Å². The van der Waals surface area contributed by atoms with Crippen LogP contribution in [0.5, 0.6) is 0 Å². The molecule has 3 heteroatoms. The van der Waals surface area contributed by atoms with E-state index in [0.29, 0.717) is 9.79 Å². The van der Waals surface area contributed by atoms with Crippen molar-refractivity contribution < 1.29 is 8.42 Å². The largest absolute Gasteiger partial charge is 0.218 e. The van der Waals surface area contributed by atoms with Gasteiger partial charge in [0.15, 0.2) is 0 Å². The van der Waals surface area contributed by atoms with Crippen molar-refractivity contribution in [2.75, 3.05) is 0 Å². The Labute approximate surface area is 53.1 Å². The van der Waals surface area contributed by atoms with Crippen LogP contribution in [0.1, 0.15) is 0 Å². The van der Waals surface area contributed by atoms with Gasteiger partial charge in [-0.25, -0.2) is 8.42 Å². The Morgan fingerprint density at radius 1 is 1.00 bits per heavy atom. The zero-order valence-corrected chi connectivity index (χ0v) is 5.35. The van der Waals surface area contributed by atoms with Gasteiger partial charge in [0.25, 0.3) is 0 Å². The van der Waals surface area contributed by atoms with Crippen molar-refractivity contribution in [2.45, 2.75) is 9.79 Å². The highest BCUT2D eigenvalue weighted by molar-refractivity contribution is 7.97. The molecule has 0 fully saturated rings. The molecular formula is C6H4O2S. The summed E-state index contributed by atoms with van der Waals surface area (Å²) in [7, 11) is -2.88. The third kappa shape index (κ3) is 0.471. The molecule has 0 saturated heterocycles. The van der Waals surface area contributed by atoms with Crippen LogP contribution in [0, 0.1) is 0 Å². The van der Waals surface area contributed by atoms with Gasteiger partial charge in [-0.05, 0) is 12.1 Å². The number of rotatable bonds is 0. The summed E-state index contributed by atoms with van der Waals surface area (Å²) in [6.07, 6.45) is 0. The number of sulfone groups is 1. The van der Waals surface area contributed by atoms with Gasteiger partial charge in [0.1, 0.15) is 0 Å². The SMILES string of the molecule is O=S1(=O)c2ccccc21. The van der Waals surface area contributed by atoms with Gasteiger partial charge in [-0.2, -0.15) is 0 Å². The van der Waals surface area contributed by atoms with E-state index in [-0.39, 0.29) is 0 Å². The first kappa shape index (κ1) is 4.99. The van der Waals surface area contributed by atoms with Gasteiger partial charge in [-0.3, -0.25) is 0 Å². The van der Waals surface area contributed by atoms with Gasteiger partial charge < -0.3 is 0 Å². The predicted octanol–water partition coefficient (Wildman–Crippen LogP) is 0.833. The quantitative estimate of drug-likeness (QED) is 0.508. The Bertz CT molecular complexity index is 322. The van der Waals surface area contributed by atoms with Crippen molar-refractivity contribution in [1.82, 2.24) is 0 Å². The molecule has 0 aliphatic carbocycles. The molecule has 0 bridgehead atoms. The van der Waals surface area contributed by atoms with Gasteiger partial charge in [0.05, 0.1) is 9.79 Å². The maximum Gasteiger partial charge on any atom is 0.209 e. The van der Waals surface area contributed by atoms with E-state index < -0.39 is 9.84 Å². The molecule has 0 atom stereocenters. The van der Waals surface area contributed by atoms with Crippen LogP contribution < -0.4 is 0 Å². The molecule has 1 aromatic rings. The molecule has 0 spiro atoms. The molecule has 46 valence electrons. The molecule has 0 unspecified atom stereocenters. The third-order valence-electron chi connectivity index (χ3n) is 1.39. The average Bonchev–Trinajstić information content (AvgIpc) is 2.39. The second-order valence-electron chi connectivity index (χ2n) is 1.95. The summed E-state index contributed by atoms with van der Waals surface area (Å²) in [5, 5.41) is 0. The molecule has 0 saturated carbocycles. The fourth-order valence-electron chi connectivity index (χ4n) is 0.853. The molecule has 1 aliphatic heterocycles. The van der Waals surface area contributed by atoms with Gasteiger partial charge in [0.2, 0.25) is 9.84 Å². The van der Waals surface area contributed by atoms with Crippen LogP contribution in [-0.2, 0) is 9.84 Å². The molecule has 2 nitrogen and oxygen atoms in total. The van der Waals surface area contributed by atoms with E-state index in [9.17, 15) is 8.42 Å². The molecular weight excluding hydrogens is 136 g/mol. The summed E-state index contributed by atoms with van der Waals surface area (Å²) in [5.74, 6) is 0. The third-order valence-corrected chi connectivity index (χ3v) is 3.05. The van der Waals surface area contributed by atoms with Crippen LogP contribution in [0.3, 0.4) is 0 Å². The van der Waals surface area contributed by atoms with Crippen LogP contribution in [0.15, 0.2) is 34.1 Å². The van der Waals surface area contributed by atoms with Crippen LogP contribution in [0.25, 0.3) is 0 Å². The molecule has 9 heavy (non-hydrogen) atoms. The highest BCUT2D eigenvalue weighted by Crippen LogP contribution is 2.38. The summed E-state index contributed by atoms with van der Waals surface area (Å²) >= 11 is 0. The lowest BCUT2D eigenvalue weighted by atomic mass is 10.4. The maximum atomic E-state index is 10.7. The molecule has 2 rings (SSSR count). The summed E-state index contributed by atoms with van der Waals surface area (Å²) in [5.41, 5.74) is 0. The zero-order chi connectivity index (χ0) is 6.48. The summed E-state index contributed by atoms with van der Waals surface area (Å²) < 4.78 is 21.5. The van der Waals surface area contributed by atoms with E-state index in [1.165, 1.54) is 0 Å². The summed E-state index contributed by atoms with van der Waals surface area (Å²) in [6, 6.07) is 6.68. The van der Waals surface area contributed by atoms with Gasteiger partial charge in [-0.1, -0.05) is 12.1 Å². The molecule has 0 amide bonds. The van der Waals surface area contributed by atoms with E-state index in [2.05, 4.69) is 0 Å². The molecule has 0 radical (unpaired) electrons. The van der Waals surface area contributed by atoms with E-state index >= 15 is 0 Å². The highest BCUT2D eigenvalue weighted by atomic mass is 32.2. The molecule has 1 heterocycles. The Morgan fingerprint density at radius 2 is 1.44 bits per heavy atom. The molecule has 1 aliphatic rings. The van der Waals surface area contributed by atoms with E-state index in [1.54, 1.807) is 24.3 Å². The van der Waals surface area contributed by atoms with E-state index in [0.717, 1.165) is 0 Å². The van der Waals surface area contributed by atoms with Gasteiger partial charge in [0, 0.05) is 0 Å². The Hall–Kier alpha value is -0.830. The minimum atomic E-state index is -2.88. The number of hydrogen-bond donors (Lipinski definition) is 0. The molecule has 0 N–H and O–H groups in total. The van der Waals surface area contributed by atoms with Crippen molar-refractivity contribution in [2.24, 2.45) is 0 Å². The summed E-state index contributed by atoms with van der Waals surface area (Å²) in [6.45, 7) is 0. The maximum absolute atomic E-state index is 10.7. The molecule has 1 aromatic carbocycles. The van der Waals surface area contributed by atoms with Crippen LogP contribution in [0.2, 0.25) is 0 Å². The highest BCUT2D eigenvalue weighted by Gasteiger charge is 2.37. The predicted molar refractivity (Wildman–Crippen MR) is 31.9 cm³/mol. The molecule has 0 aromatic heterocycles. The smallest absolute Gasteiger partial charge is 0.209 e. The van der Waals surface area contributed by atoms with Crippen molar-refractivity contribution in [3.05, 3.63) is 24.3 Å². The lowest BCUT2D eigenvalue weighted by Gasteiger charge is -1.64. The second kappa shape index (κ2) is 1.19. The lowest BCUT2D eigenvalue weighted by Crippen LogP contribution is -1.65. The van der Waals surface area contributed by atoms with E-state index in [4.69, 9.17) is 0 Å². The zero-order valence-electron chi connectivity index (χ0n) is 4.53. The number of benzene rings is 1. The first-order chi connectivity index (χ1) is 4.23. The van der Waals surface area contributed by atoms with E-state index in [1.807, 2.05) is 0 Å². The monoisotopic (exact) mass is 140 g/mol. The number of hydrogen-bond acceptors (Lipinski definition) is 2. The Balaban J connectivity index is 2.86. The van der Waals surface area contributed by atoms with Crippen LogP contribution in [0.4, 0.5) is 0 Å². The van der Waals surface area contributed by atoms with Crippen molar-refractivity contribution in [1.29, 1.82) is 0 Å². The minimum Gasteiger partial charge on any atom is -0.218 e. The standard InChI is InChI=1S/C6H4O2S/c7-9(8)5-3-1-2-4-6(5)9/h1-4H. The summed E-state index contributed by atoms with van der Waals surface area (Å²) in [4.78, 5) is 0.981. The first-order valence-electron chi connectivity index (χ1n) is 2.57. The Kier molecular flexibility index (Phi) is 0.658. The Morgan fingerprint density at radius 3 is 1.78 bits per heavy atom. The lowest BCUT2D eigenvalue weighted by molar-refractivity contribution is 0.612. The van der Waals surface area contributed by atoms with Crippen molar-refractivity contribution >= 4 is 9.84 Å². The number of fused-ring (bicyclic) bond motifs is 1. The second-order valence-corrected chi connectivity index (χ2v) is 3.84. The van der Waals surface area contributed by atoms with Crippen LogP contribution >= 0.6 is 0 Å². The van der Waals surface area contributed by atoms with Gasteiger partial charge >= 0.3 is 0 Å². The first-order valence-corrected chi connectivity index (χ1v) is 4.05. The fraction of sp³-hybridized carbons (Fsp3) is 0. The minimum absolute atomic E-state index is 0.491. The topological polar surface area (TPSA) is 34.1 Å². The average molecular weight is 140 g/mol.